The molecule has 1 heterocycles. The molecule has 1 aliphatic rings. The Labute approximate surface area is 164 Å². The van der Waals surface area contributed by atoms with Gasteiger partial charge in [0, 0.05) is 37.7 Å². The standard InChI is InChI=1S/C16H25ClN2O2.C2H2O4/c1-14-13-15(3-4-16(14)17)21-12-11-20-10-9-19-7-5-18(2)6-8-19;3-1(4)2(5)6/h3-4,13H,5-12H2,1-2H3;(H,3,4)(H,5,6). The van der Waals surface area contributed by atoms with Gasteiger partial charge in [-0.05, 0) is 37.7 Å². The molecule has 0 saturated carbocycles. The second kappa shape index (κ2) is 12.5. The SMILES string of the molecule is Cc1cc(OCCOCCN2CCN(C)CC2)ccc1Cl.O=C(O)C(=O)O. The monoisotopic (exact) mass is 402 g/mol. The van der Waals surface area contributed by atoms with Gasteiger partial charge in [0.15, 0.2) is 0 Å². The van der Waals surface area contributed by atoms with Crippen molar-refractivity contribution in [3.05, 3.63) is 28.8 Å². The first-order chi connectivity index (χ1) is 12.8. The molecule has 27 heavy (non-hydrogen) atoms. The molecule has 1 aromatic rings. The minimum Gasteiger partial charge on any atom is -0.491 e. The molecule has 0 spiro atoms. The van der Waals surface area contributed by atoms with Crippen LogP contribution >= 0.6 is 11.6 Å². The van der Waals surface area contributed by atoms with E-state index in [2.05, 4.69) is 16.8 Å². The van der Waals surface area contributed by atoms with Crippen LogP contribution in [-0.4, -0.2) is 91.5 Å². The van der Waals surface area contributed by atoms with Gasteiger partial charge in [-0.3, -0.25) is 4.90 Å². The molecule has 0 unspecified atom stereocenters. The van der Waals surface area contributed by atoms with E-state index in [0.29, 0.717) is 13.2 Å². The number of likely N-dealkylation sites (N-methyl/N-ethyl adjacent to an activating group) is 1. The van der Waals surface area contributed by atoms with Crippen molar-refractivity contribution in [3.63, 3.8) is 0 Å². The van der Waals surface area contributed by atoms with Crippen molar-refractivity contribution in [1.82, 2.24) is 9.80 Å². The number of carbonyl (C=O) groups is 2. The van der Waals surface area contributed by atoms with E-state index in [9.17, 15) is 0 Å². The van der Waals surface area contributed by atoms with Gasteiger partial charge >= 0.3 is 11.9 Å². The maximum atomic E-state index is 9.10. The van der Waals surface area contributed by atoms with Crippen molar-refractivity contribution in [2.45, 2.75) is 6.92 Å². The van der Waals surface area contributed by atoms with Crippen molar-refractivity contribution >= 4 is 23.5 Å². The van der Waals surface area contributed by atoms with Gasteiger partial charge in [-0.25, -0.2) is 9.59 Å². The van der Waals surface area contributed by atoms with Crippen LogP contribution in [0.4, 0.5) is 0 Å². The lowest BCUT2D eigenvalue weighted by Gasteiger charge is -2.32. The van der Waals surface area contributed by atoms with Crippen LogP contribution in [0.3, 0.4) is 0 Å². The normalized spacial score (nSPS) is 14.9. The lowest BCUT2D eigenvalue weighted by atomic mass is 10.2. The number of aryl methyl sites for hydroxylation is 1. The topological polar surface area (TPSA) is 99.5 Å². The number of hydrogen-bond donors (Lipinski definition) is 2. The number of benzene rings is 1. The highest BCUT2D eigenvalue weighted by molar-refractivity contribution is 6.31. The van der Waals surface area contributed by atoms with Crippen LogP contribution < -0.4 is 4.74 Å². The highest BCUT2D eigenvalue weighted by Crippen LogP contribution is 2.20. The maximum absolute atomic E-state index is 9.10. The van der Waals surface area contributed by atoms with Crippen LogP contribution in [-0.2, 0) is 14.3 Å². The largest absolute Gasteiger partial charge is 0.491 e. The van der Waals surface area contributed by atoms with Gasteiger partial charge in [-0.15, -0.1) is 0 Å². The number of ether oxygens (including phenoxy) is 2. The number of aliphatic carboxylic acids is 2. The highest BCUT2D eigenvalue weighted by Gasteiger charge is 2.12. The number of halogens is 1. The summed E-state index contributed by atoms with van der Waals surface area (Å²) in [7, 11) is 2.17. The van der Waals surface area contributed by atoms with E-state index < -0.39 is 11.9 Å². The Kier molecular flexibility index (Phi) is 10.7. The zero-order chi connectivity index (χ0) is 20.2. The summed E-state index contributed by atoms with van der Waals surface area (Å²) >= 11 is 5.98. The molecule has 1 fully saturated rings. The summed E-state index contributed by atoms with van der Waals surface area (Å²) in [5, 5.41) is 15.6. The van der Waals surface area contributed by atoms with Gasteiger partial charge in [0.2, 0.25) is 0 Å². The van der Waals surface area contributed by atoms with Gasteiger partial charge in [0.1, 0.15) is 12.4 Å². The van der Waals surface area contributed by atoms with E-state index in [1.165, 1.54) is 0 Å². The summed E-state index contributed by atoms with van der Waals surface area (Å²) in [6, 6.07) is 5.70. The summed E-state index contributed by atoms with van der Waals surface area (Å²) in [6.07, 6.45) is 0. The van der Waals surface area contributed by atoms with Crippen LogP contribution in [0.2, 0.25) is 5.02 Å². The lowest BCUT2D eigenvalue weighted by molar-refractivity contribution is -0.159. The van der Waals surface area contributed by atoms with E-state index in [-0.39, 0.29) is 0 Å². The Morgan fingerprint density at radius 2 is 1.70 bits per heavy atom. The first-order valence-electron chi connectivity index (χ1n) is 8.63. The molecule has 0 aromatic heterocycles. The van der Waals surface area contributed by atoms with Crippen molar-refractivity contribution < 1.29 is 29.3 Å². The Bertz CT molecular complexity index is 594. The van der Waals surface area contributed by atoms with Crippen LogP contribution in [0, 0.1) is 6.92 Å². The van der Waals surface area contributed by atoms with Gasteiger partial charge in [-0.1, -0.05) is 11.6 Å². The molecule has 1 aliphatic heterocycles. The number of rotatable bonds is 7. The first kappa shape index (κ1) is 23.2. The second-order valence-electron chi connectivity index (χ2n) is 6.13. The number of carboxylic acid groups (broad SMARTS) is 2. The van der Waals surface area contributed by atoms with E-state index >= 15 is 0 Å². The minimum atomic E-state index is -1.82. The zero-order valence-corrected chi connectivity index (χ0v) is 16.4. The summed E-state index contributed by atoms with van der Waals surface area (Å²) in [5.74, 6) is -2.80. The quantitative estimate of drug-likeness (QED) is 0.522. The molecular weight excluding hydrogens is 376 g/mol. The third-order valence-corrected chi connectivity index (χ3v) is 4.38. The molecular formula is C18H27ClN2O6. The fourth-order valence-corrected chi connectivity index (χ4v) is 2.41. The number of piperazine rings is 1. The average Bonchev–Trinajstić information content (AvgIpc) is 2.63. The van der Waals surface area contributed by atoms with Gasteiger partial charge in [0.25, 0.3) is 0 Å². The molecule has 1 aromatic carbocycles. The van der Waals surface area contributed by atoms with E-state index in [1.54, 1.807) is 0 Å². The molecule has 8 nitrogen and oxygen atoms in total. The Hall–Kier alpha value is -1.87. The molecule has 0 bridgehead atoms. The maximum Gasteiger partial charge on any atom is 0.414 e. The van der Waals surface area contributed by atoms with Crippen LogP contribution in [0.1, 0.15) is 5.56 Å². The van der Waals surface area contributed by atoms with Gasteiger partial charge in [0.05, 0.1) is 13.2 Å². The zero-order valence-electron chi connectivity index (χ0n) is 15.7. The predicted molar refractivity (Wildman–Crippen MR) is 102 cm³/mol. The molecule has 0 radical (unpaired) electrons. The number of nitrogens with zero attached hydrogens (tertiary/aromatic N) is 2. The molecule has 9 heteroatoms. The molecule has 152 valence electrons. The third kappa shape index (κ3) is 10.1. The third-order valence-electron chi connectivity index (χ3n) is 3.96. The van der Waals surface area contributed by atoms with Crippen LogP contribution in [0.15, 0.2) is 18.2 Å². The molecule has 0 atom stereocenters. The summed E-state index contributed by atoms with van der Waals surface area (Å²) in [6.45, 7) is 9.53. The predicted octanol–water partition coefficient (Wildman–Crippen LogP) is 1.45. The fraction of sp³-hybridized carbons (Fsp3) is 0.556. The van der Waals surface area contributed by atoms with E-state index in [1.807, 2.05) is 25.1 Å². The van der Waals surface area contributed by atoms with Gasteiger partial charge in [-0.2, -0.15) is 0 Å². The molecule has 0 amide bonds. The minimum absolute atomic E-state index is 0.573. The highest BCUT2D eigenvalue weighted by atomic mass is 35.5. The fourth-order valence-electron chi connectivity index (χ4n) is 2.29. The van der Waals surface area contributed by atoms with E-state index in [0.717, 1.165) is 55.7 Å². The van der Waals surface area contributed by atoms with Gasteiger partial charge < -0.3 is 24.6 Å². The molecule has 1 saturated heterocycles. The molecule has 0 aliphatic carbocycles. The summed E-state index contributed by atoms with van der Waals surface area (Å²) in [5.41, 5.74) is 1.03. The first-order valence-corrected chi connectivity index (χ1v) is 9.01. The van der Waals surface area contributed by atoms with Crippen molar-refractivity contribution in [2.75, 3.05) is 59.6 Å². The average molecular weight is 403 g/mol. The summed E-state index contributed by atoms with van der Waals surface area (Å²) in [4.78, 5) is 23.0. The van der Waals surface area contributed by atoms with Crippen molar-refractivity contribution in [3.8, 4) is 5.75 Å². The smallest absolute Gasteiger partial charge is 0.414 e. The lowest BCUT2D eigenvalue weighted by Crippen LogP contribution is -2.45. The summed E-state index contributed by atoms with van der Waals surface area (Å²) < 4.78 is 11.3. The molecule has 2 N–H and O–H groups in total. The Morgan fingerprint density at radius 1 is 1.07 bits per heavy atom. The van der Waals surface area contributed by atoms with Crippen LogP contribution in [0.25, 0.3) is 0 Å². The van der Waals surface area contributed by atoms with Crippen molar-refractivity contribution in [2.24, 2.45) is 0 Å². The second-order valence-corrected chi connectivity index (χ2v) is 6.53. The Balaban J connectivity index is 0.000000527. The van der Waals surface area contributed by atoms with Crippen molar-refractivity contribution in [1.29, 1.82) is 0 Å². The number of carboxylic acids is 2. The van der Waals surface area contributed by atoms with Crippen LogP contribution in [0.5, 0.6) is 5.75 Å². The molecule has 2 rings (SSSR count). The van der Waals surface area contributed by atoms with E-state index in [4.69, 9.17) is 40.9 Å². The Morgan fingerprint density at radius 3 is 2.26 bits per heavy atom. The number of hydrogen-bond acceptors (Lipinski definition) is 6.